The van der Waals surface area contributed by atoms with Crippen molar-refractivity contribution >= 4 is 5.82 Å². The van der Waals surface area contributed by atoms with E-state index < -0.39 is 0 Å². The van der Waals surface area contributed by atoms with Gasteiger partial charge in [0.1, 0.15) is 5.82 Å². The van der Waals surface area contributed by atoms with E-state index in [-0.39, 0.29) is 12.2 Å². The summed E-state index contributed by atoms with van der Waals surface area (Å²) >= 11 is 0. The molecular weight excluding hydrogens is 262 g/mol. The minimum atomic E-state index is 0.257. The fraction of sp³-hybridized carbons (Fsp3) is 0.706. The highest BCUT2D eigenvalue weighted by Gasteiger charge is 2.25. The molecule has 1 aromatic heterocycles. The van der Waals surface area contributed by atoms with Crippen molar-refractivity contribution in [2.45, 2.75) is 59.8 Å². The predicted octanol–water partition coefficient (Wildman–Crippen LogP) is 2.81. The quantitative estimate of drug-likeness (QED) is 0.847. The van der Waals surface area contributed by atoms with Crippen molar-refractivity contribution < 1.29 is 4.74 Å². The van der Waals surface area contributed by atoms with Crippen LogP contribution in [0.2, 0.25) is 0 Å². The first kappa shape index (κ1) is 16.2. The number of nitrogens with zero attached hydrogens (tertiary/aromatic N) is 2. The molecule has 118 valence electrons. The van der Waals surface area contributed by atoms with Crippen molar-refractivity contribution in [2.24, 2.45) is 0 Å². The second kappa shape index (κ2) is 7.23. The van der Waals surface area contributed by atoms with Crippen LogP contribution in [-0.4, -0.2) is 36.8 Å². The second-order valence-electron chi connectivity index (χ2n) is 6.22. The van der Waals surface area contributed by atoms with E-state index in [1.54, 1.807) is 0 Å². The van der Waals surface area contributed by atoms with Gasteiger partial charge in [0, 0.05) is 30.9 Å². The molecule has 1 aliphatic heterocycles. The maximum atomic E-state index is 5.85. The average Bonchev–Trinajstić information content (AvgIpc) is 2.39. The molecule has 0 bridgehead atoms. The Morgan fingerprint density at radius 3 is 2.57 bits per heavy atom. The zero-order valence-corrected chi connectivity index (χ0v) is 14.1. The number of hydrogen-bond donors (Lipinski definition) is 1. The maximum absolute atomic E-state index is 5.85. The van der Waals surface area contributed by atoms with Gasteiger partial charge in [-0.15, -0.1) is 0 Å². The number of morpholine rings is 1. The minimum absolute atomic E-state index is 0.257. The Morgan fingerprint density at radius 2 is 1.95 bits per heavy atom. The Bertz CT molecular complexity index is 465. The lowest BCUT2D eigenvalue weighted by Crippen LogP contribution is -2.46. The molecule has 4 nitrogen and oxygen atoms in total. The van der Waals surface area contributed by atoms with E-state index in [9.17, 15) is 0 Å². The summed E-state index contributed by atoms with van der Waals surface area (Å²) in [5.74, 6) is 1.14. The van der Waals surface area contributed by atoms with Crippen LogP contribution in [0.3, 0.4) is 0 Å². The van der Waals surface area contributed by atoms with E-state index >= 15 is 0 Å². The van der Waals surface area contributed by atoms with E-state index in [2.05, 4.69) is 50.9 Å². The fourth-order valence-corrected chi connectivity index (χ4v) is 3.06. The van der Waals surface area contributed by atoms with Gasteiger partial charge in [0.25, 0.3) is 0 Å². The Hall–Kier alpha value is -1.13. The van der Waals surface area contributed by atoms with Crippen LogP contribution >= 0.6 is 0 Å². The molecule has 0 radical (unpaired) electrons. The zero-order valence-electron chi connectivity index (χ0n) is 14.1. The van der Waals surface area contributed by atoms with Gasteiger partial charge in [-0.2, -0.15) is 0 Å². The van der Waals surface area contributed by atoms with Gasteiger partial charge in [-0.25, -0.2) is 4.98 Å². The van der Waals surface area contributed by atoms with Crippen LogP contribution in [0.15, 0.2) is 6.07 Å². The monoisotopic (exact) mass is 291 g/mol. The van der Waals surface area contributed by atoms with Gasteiger partial charge in [-0.05, 0) is 52.3 Å². The first-order chi connectivity index (χ1) is 10.0. The molecule has 1 fully saturated rings. The summed E-state index contributed by atoms with van der Waals surface area (Å²) in [6.07, 6.45) is 1.67. The summed E-state index contributed by atoms with van der Waals surface area (Å²) in [5.41, 5.74) is 3.75. The predicted molar refractivity (Wildman–Crippen MR) is 87.9 cm³/mol. The Labute approximate surface area is 128 Å². The van der Waals surface area contributed by atoms with Crippen molar-refractivity contribution in [2.75, 3.05) is 24.5 Å². The molecule has 2 atom stereocenters. The largest absolute Gasteiger partial charge is 0.372 e. The van der Waals surface area contributed by atoms with Gasteiger partial charge in [-0.3, -0.25) is 0 Å². The molecule has 2 unspecified atom stereocenters. The van der Waals surface area contributed by atoms with Crippen LogP contribution in [0, 0.1) is 13.8 Å². The average molecular weight is 291 g/mol. The number of ether oxygens (including phenoxy) is 1. The molecule has 0 spiro atoms. The number of rotatable bonds is 5. The third kappa shape index (κ3) is 4.17. The zero-order chi connectivity index (χ0) is 15.4. The summed E-state index contributed by atoms with van der Waals surface area (Å²) in [4.78, 5) is 7.23. The van der Waals surface area contributed by atoms with Crippen molar-refractivity contribution in [1.82, 2.24) is 10.3 Å². The topological polar surface area (TPSA) is 37.4 Å². The normalized spacial score (nSPS) is 22.6. The van der Waals surface area contributed by atoms with Gasteiger partial charge in [0.15, 0.2) is 0 Å². The number of hydrogen-bond acceptors (Lipinski definition) is 4. The molecule has 21 heavy (non-hydrogen) atoms. The number of nitrogens with one attached hydrogen (secondary N) is 1. The van der Waals surface area contributed by atoms with Gasteiger partial charge in [0.2, 0.25) is 0 Å². The summed E-state index contributed by atoms with van der Waals surface area (Å²) in [5, 5.41) is 3.52. The lowest BCUT2D eigenvalue weighted by Gasteiger charge is -2.37. The molecule has 0 aromatic carbocycles. The number of aromatic nitrogens is 1. The summed E-state index contributed by atoms with van der Waals surface area (Å²) in [6.45, 7) is 14.5. The van der Waals surface area contributed by atoms with Crippen molar-refractivity contribution in [3.8, 4) is 0 Å². The van der Waals surface area contributed by atoms with Crippen LogP contribution in [-0.2, 0) is 11.3 Å². The maximum Gasteiger partial charge on any atom is 0.133 e. The van der Waals surface area contributed by atoms with Crippen molar-refractivity contribution in [1.29, 1.82) is 0 Å². The minimum Gasteiger partial charge on any atom is -0.372 e. The lowest BCUT2D eigenvalue weighted by atomic mass is 10.1. The molecule has 1 aromatic rings. The second-order valence-corrected chi connectivity index (χ2v) is 6.22. The van der Waals surface area contributed by atoms with E-state index in [0.717, 1.165) is 44.1 Å². The molecular formula is C17H29N3O. The molecule has 4 heteroatoms. The van der Waals surface area contributed by atoms with Crippen molar-refractivity contribution in [3.63, 3.8) is 0 Å². The number of anilines is 1. The van der Waals surface area contributed by atoms with Crippen LogP contribution in [0.1, 0.15) is 44.0 Å². The molecule has 0 amide bonds. The van der Waals surface area contributed by atoms with Crippen LogP contribution in [0.5, 0.6) is 0 Å². The highest BCUT2D eigenvalue weighted by atomic mass is 16.5. The van der Waals surface area contributed by atoms with Crippen LogP contribution in [0.4, 0.5) is 5.82 Å². The highest BCUT2D eigenvalue weighted by molar-refractivity contribution is 5.52. The highest BCUT2D eigenvalue weighted by Crippen LogP contribution is 2.25. The summed E-state index contributed by atoms with van der Waals surface area (Å²) < 4.78 is 5.85. The van der Waals surface area contributed by atoms with E-state index in [4.69, 9.17) is 9.72 Å². The Kier molecular flexibility index (Phi) is 5.59. The third-order valence-corrected chi connectivity index (χ3v) is 3.90. The standard InChI is InChI=1S/C17H29N3O/c1-6-7-18-9-16-12(2)8-13(3)19-17(16)20-10-14(4)21-15(5)11-20/h8,14-15,18H,6-7,9-11H2,1-5H3. The van der Waals surface area contributed by atoms with E-state index in [1.807, 2.05) is 0 Å². The lowest BCUT2D eigenvalue weighted by molar-refractivity contribution is -0.00552. The summed E-state index contributed by atoms with van der Waals surface area (Å²) in [6, 6.07) is 2.18. The molecule has 2 rings (SSSR count). The molecule has 1 saturated heterocycles. The number of aryl methyl sites for hydroxylation is 2. The first-order valence-electron chi connectivity index (χ1n) is 8.09. The molecule has 1 N–H and O–H groups in total. The van der Waals surface area contributed by atoms with Gasteiger partial charge in [0.05, 0.1) is 12.2 Å². The number of pyridine rings is 1. The van der Waals surface area contributed by atoms with Crippen molar-refractivity contribution in [3.05, 3.63) is 22.9 Å². The SMILES string of the molecule is CCCNCc1c(C)cc(C)nc1N1CC(C)OC(C)C1. The third-order valence-electron chi connectivity index (χ3n) is 3.90. The Balaban J connectivity index is 2.27. The van der Waals surface area contributed by atoms with Crippen LogP contribution < -0.4 is 10.2 Å². The van der Waals surface area contributed by atoms with Gasteiger partial charge < -0.3 is 15.0 Å². The molecule has 0 saturated carbocycles. The van der Waals surface area contributed by atoms with E-state index in [1.165, 1.54) is 11.1 Å². The first-order valence-corrected chi connectivity index (χ1v) is 8.09. The van der Waals surface area contributed by atoms with Crippen LogP contribution in [0.25, 0.3) is 0 Å². The van der Waals surface area contributed by atoms with Gasteiger partial charge in [-0.1, -0.05) is 6.92 Å². The smallest absolute Gasteiger partial charge is 0.133 e. The summed E-state index contributed by atoms with van der Waals surface area (Å²) in [7, 11) is 0. The molecule has 2 heterocycles. The van der Waals surface area contributed by atoms with Gasteiger partial charge >= 0.3 is 0 Å². The Morgan fingerprint density at radius 1 is 1.29 bits per heavy atom. The van der Waals surface area contributed by atoms with E-state index in [0.29, 0.717) is 0 Å². The molecule has 1 aliphatic rings. The fourth-order valence-electron chi connectivity index (χ4n) is 3.06. The molecule has 0 aliphatic carbocycles.